The lowest BCUT2D eigenvalue weighted by molar-refractivity contribution is 0.299. The maximum absolute atomic E-state index is 8.96. The van der Waals surface area contributed by atoms with E-state index in [1.54, 1.807) is 0 Å². The quantitative estimate of drug-likeness (QED) is 0.712. The summed E-state index contributed by atoms with van der Waals surface area (Å²) in [7, 11) is 0. The Balaban J connectivity index is 1.67. The molecule has 20 heavy (non-hydrogen) atoms. The van der Waals surface area contributed by atoms with E-state index in [1.807, 2.05) is 0 Å². The number of aryl methyl sites for hydroxylation is 2. The molecular weight excluding hydrogens is 244 g/mol. The minimum absolute atomic E-state index is 0.237. The van der Waals surface area contributed by atoms with Crippen LogP contribution in [0.4, 0.5) is 0 Å². The van der Waals surface area contributed by atoms with Crippen molar-refractivity contribution < 1.29 is 5.11 Å². The molecule has 0 heterocycles. The molecule has 0 amide bonds. The van der Waals surface area contributed by atoms with Crippen molar-refractivity contribution >= 4 is 0 Å². The maximum Gasteiger partial charge on any atom is 0.0471 e. The summed E-state index contributed by atoms with van der Waals surface area (Å²) in [5.74, 6) is 0. The molecular formula is C19H24O. The summed E-state index contributed by atoms with van der Waals surface area (Å²) in [5, 5.41) is 8.96. The number of hydrogen-bond acceptors (Lipinski definition) is 1. The van der Waals surface area contributed by atoms with Crippen molar-refractivity contribution in [2.45, 2.75) is 38.5 Å². The molecule has 0 aliphatic rings. The van der Waals surface area contributed by atoms with Gasteiger partial charge < -0.3 is 5.11 Å². The molecule has 0 radical (unpaired) electrons. The molecule has 106 valence electrons. The van der Waals surface area contributed by atoms with E-state index < -0.39 is 0 Å². The summed E-state index contributed by atoms with van der Waals surface area (Å²) in [6, 6.07) is 19.3. The minimum atomic E-state index is 0.237. The van der Waals surface area contributed by atoms with Gasteiger partial charge >= 0.3 is 0 Å². The highest BCUT2D eigenvalue weighted by molar-refractivity contribution is 5.23. The summed E-state index contributed by atoms with van der Waals surface area (Å²) < 4.78 is 0. The Labute approximate surface area is 122 Å². The van der Waals surface area contributed by atoms with Gasteiger partial charge in [-0.1, -0.05) is 61.0 Å². The Morgan fingerprint density at radius 1 is 0.600 bits per heavy atom. The van der Waals surface area contributed by atoms with E-state index in [9.17, 15) is 0 Å². The fourth-order valence-electron chi connectivity index (χ4n) is 2.55. The van der Waals surface area contributed by atoms with Crippen LogP contribution in [0.3, 0.4) is 0 Å². The third-order valence-corrected chi connectivity index (χ3v) is 3.67. The van der Waals surface area contributed by atoms with Crippen LogP contribution in [-0.4, -0.2) is 11.7 Å². The first-order valence-corrected chi connectivity index (χ1v) is 7.61. The largest absolute Gasteiger partial charge is 0.396 e. The van der Waals surface area contributed by atoms with Crippen molar-refractivity contribution in [3.05, 3.63) is 71.3 Å². The van der Waals surface area contributed by atoms with Gasteiger partial charge in [0.2, 0.25) is 0 Å². The number of hydrogen-bond donors (Lipinski definition) is 1. The van der Waals surface area contributed by atoms with Gasteiger partial charge in [0.25, 0.3) is 0 Å². The van der Waals surface area contributed by atoms with E-state index in [0.29, 0.717) is 0 Å². The second-order valence-electron chi connectivity index (χ2n) is 5.34. The third kappa shape index (κ3) is 5.18. The van der Waals surface area contributed by atoms with Gasteiger partial charge in [-0.15, -0.1) is 0 Å². The smallest absolute Gasteiger partial charge is 0.0471 e. The van der Waals surface area contributed by atoms with Crippen LogP contribution in [0.2, 0.25) is 0 Å². The second kappa shape index (κ2) is 8.55. The van der Waals surface area contributed by atoms with Crippen molar-refractivity contribution in [2.75, 3.05) is 6.61 Å². The fourth-order valence-corrected chi connectivity index (χ4v) is 2.55. The second-order valence-corrected chi connectivity index (χ2v) is 5.34. The molecule has 1 heteroatoms. The predicted octanol–water partition coefficient (Wildman–Crippen LogP) is 4.18. The lowest BCUT2D eigenvalue weighted by Crippen LogP contribution is -1.93. The van der Waals surface area contributed by atoms with Gasteiger partial charge in [-0.25, -0.2) is 0 Å². The summed E-state index contributed by atoms with van der Waals surface area (Å²) in [6.07, 6.45) is 6.89. The molecule has 0 aliphatic carbocycles. The molecule has 0 unspecified atom stereocenters. The first kappa shape index (κ1) is 14.8. The number of benzene rings is 2. The zero-order valence-electron chi connectivity index (χ0n) is 12.1. The summed E-state index contributed by atoms with van der Waals surface area (Å²) >= 11 is 0. The van der Waals surface area contributed by atoms with Crippen molar-refractivity contribution in [1.29, 1.82) is 0 Å². The van der Waals surface area contributed by atoms with Gasteiger partial charge in [-0.3, -0.25) is 0 Å². The molecule has 0 saturated carbocycles. The Morgan fingerprint density at radius 2 is 1.20 bits per heavy atom. The van der Waals surface area contributed by atoms with Crippen LogP contribution >= 0.6 is 0 Å². The summed E-state index contributed by atoms with van der Waals surface area (Å²) in [5.41, 5.74) is 4.09. The molecule has 1 N–H and O–H groups in total. The third-order valence-electron chi connectivity index (χ3n) is 3.67. The molecule has 1 nitrogen and oxygen atoms in total. The number of aliphatic hydroxyl groups is 1. The zero-order valence-corrected chi connectivity index (χ0v) is 12.1. The van der Waals surface area contributed by atoms with Gasteiger partial charge in [0.15, 0.2) is 0 Å². The van der Waals surface area contributed by atoms with Crippen LogP contribution in [0.25, 0.3) is 0 Å². The lowest BCUT2D eigenvalue weighted by atomic mass is 10.0. The topological polar surface area (TPSA) is 20.2 Å². The van der Waals surface area contributed by atoms with Crippen LogP contribution in [-0.2, 0) is 19.3 Å². The highest BCUT2D eigenvalue weighted by Gasteiger charge is 1.97. The normalized spacial score (nSPS) is 10.7. The minimum Gasteiger partial charge on any atom is -0.396 e. The predicted molar refractivity (Wildman–Crippen MR) is 84.9 cm³/mol. The molecule has 0 spiro atoms. The Kier molecular flexibility index (Phi) is 6.33. The number of aliphatic hydroxyl groups excluding tert-OH is 1. The first-order chi connectivity index (χ1) is 9.88. The molecule has 0 bridgehead atoms. The molecule has 2 aromatic rings. The highest BCUT2D eigenvalue weighted by atomic mass is 16.2. The zero-order chi connectivity index (χ0) is 14.0. The Bertz CT molecular complexity index is 490. The lowest BCUT2D eigenvalue weighted by Gasteiger charge is -2.05. The van der Waals surface area contributed by atoms with Gasteiger partial charge in [0.05, 0.1) is 0 Å². The SMILES string of the molecule is OCCc1cccc(CCCCCc2ccccc2)c1. The van der Waals surface area contributed by atoms with Crippen LogP contribution in [0.15, 0.2) is 54.6 Å². The van der Waals surface area contributed by atoms with Crippen molar-refractivity contribution in [1.82, 2.24) is 0 Å². The molecule has 0 aliphatic heterocycles. The van der Waals surface area contributed by atoms with E-state index >= 15 is 0 Å². The molecule has 2 aromatic carbocycles. The van der Waals surface area contributed by atoms with Gasteiger partial charge in [0.1, 0.15) is 0 Å². The average molecular weight is 268 g/mol. The summed E-state index contributed by atoms with van der Waals surface area (Å²) in [6.45, 7) is 0.237. The molecule has 2 rings (SSSR count). The fraction of sp³-hybridized carbons (Fsp3) is 0.368. The Morgan fingerprint density at radius 3 is 1.90 bits per heavy atom. The van der Waals surface area contributed by atoms with E-state index in [2.05, 4.69) is 54.6 Å². The van der Waals surface area contributed by atoms with E-state index in [0.717, 1.165) is 12.8 Å². The average Bonchev–Trinajstić information content (AvgIpc) is 2.49. The van der Waals surface area contributed by atoms with Gasteiger partial charge in [0, 0.05) is 6.61 Å². The van der Waals surface area contributed by atoms with Crippen molar-refractivity contribution in [3.8, 4) is 0 Å². The van der Waals surface area contributed by atoms with Crippen LogP contribution in [0.1, 0.15) is 36.0 Å². The van der Waals surface area contributed by atoms with Crippen LogP contribution in [0.5, 0.6) is 0 Å². The molecule has 0 aromatic heterocycles. The standard InChI is InChI=1S/C19H24O/c20-15-14-19-13-7-12-18(16-19)11-6-2-5-10-17-8-3-1-4-9-17/h1,3-4,7-9,12-13,16,20H,2,5-6,10-11,14-15H2. The van der Waals surface area contributed by atoms with E-state index in [1.165, 1.54) is 42.4 Å². The first-order valence-electron chi connectivity index (χ1n) is 7.61. The monoisotopic (exact) mass is 268 g/mol. The van der Waals surface area contributed by atoms with Crippen LogP contribution < -0.4 is 0 Å². The number of rotatable bonds is 8. The molecule has 0 saturated heterocycles. The van der Waals surface area contributed by atoms with Crippen molar-refractivity contribution in [3.63, 3.8) is 0 Å². The van der Waals surface area contributed by atoms with Crippen molar-refractivity contribution in [2.24, 2.45) is 0 Å². The van der Waals surface area contributed by atoms with E-state index in [-0.39, 0.29) is 6.61 Å². The van der Waals surface area contributed by atoms with Crippen LogP contribution in [0, 0.1) is 0 Å². The highest BCUT2D eigenvalue weighted by Crippen LogP contribution is 2.12. The van der Waals surface area contributed by atoms with Gasteiger partial charge in [-0.2, -0.15) is 0 Å². The molecule has 0 atom stereocenters. The number of unbranched alkanes of at least 4 members (excludes halogenated alkanes) is 2. The van der Waals surface area contributed by atoms with Gasteiger partial charge in [-0.05, 0) is 48.8 Å². The maximum atomic E-state index is 8.96. The van der Waals surface area contributed by atoms with E-state index in [4.69, 9.17) is 5.11 Å². The summed E-state index contributed by atoms with van der Waals surface area (Å²) in [4.78, 5) is 0. The molecule has 0 fully saturated rings. The Hall–Kier alpha value is -1.60.